The molecule has 0 aromatic carbocycles. The molecule has 1 rings (SSSR count). The standard InChI is InChI=1S/C9H18N4/c1-8(2)13-6-5-9(11-13)7-10-12(3)4/h5-6,8,10H,7H2,1-4H3. The van der Waals surface area contributed by atoms with E-state index in [9.17, 15) is 0 Å². The first-order valence-corrected chi connectivity index (χ1v) is 4.54. The van der Waals surface area contributed by atoms with Gasteiger partial charge in [-0.2, -0.15) is 5.10 Å². The number of hydrazine groups is 1. The van der Waals surface area contributed by atoms with Crippen LogP contribution in [0, 0.1) is 0 Å². The van der Waals surface area contributed by atoms with E-state index < -0.39 is 0 Å². The van der Waals surface area contributed by atoms with Gasteiger partial charge < -0.3 is 0 Å². The van der Waals surface area contributed by atoms with Crippen LogP contribution >= 0.6 is 0 Å². The maximum atomic E-state index is 4.41. The summed E-state index contributed by atoms with van der Waals surface area (Å²) in [4.78, 5) is 0. The molecule has 13 heavy (non-hydrogen) atoms. The Labute approximate surface area is 79.5 Å². The van der Waals surface area contributed by atoms with E-state index in [1.165, 1.54) is 0 Å². The number of nitrogens with one attached hydrogen (secondary N) is 1. The SMILES string of the molecule is CC(C)n1ccc(CNN(C)C)n1. The van der Waals surface area contributed by atoms with Crippen molar-refractivity contribution >= 4 is 0 Å². The first kappa shape index (κ1) is 10.2. The lowest BCUT2D eigenvalue weighted by molar-refractivity contribution is 0.283. The molecule has 4 heteroatoms. The molecular weight excluding hydrogens is 164 g/mol. The van der Waals surface area contributed by atoms with Crippen LogP contribution in [0.5, 0.6) is 0 Å². The maximum Gasteiger partial charge on any atom is 0.0776 e. The van der Waals surface area contributed by atoms with E-state index in [0.29, 0.717) is 6.04 Å². The van der Waals surface area contributed by atoms with Crippen molar-refractivity contribution in [3.63, 3.8) is 0 Å². The van der Waals surface area contributed by atoms with E-state index in [1.807, 2.05) is 36.0 Å². The summed E-state index contributed by atoms with van der Waals surface area (Å²) in [6.45, 7) is 5.03. The molecule has 1 aromatic heterocycles. The second kappa shape index (κ2) is 4.39. The van der Waals surface area contributed by atoms with Crippen LogP contribution in [0.25, 0.3) is 0 Å². The van der Waals surface area contributed by atoms with Crippen molar-refractivity contribution in [1.82, 2.24) is 20.2 Å². The predicted octanol–water partition coefficient (Wildman–Crippen LogP) is 1.03. The van der Waals surface area contributed by atoms with E-state index in [1.54, 1.807) is 0 Å². The third-order valence-corrected chi connectivity index (χ3v) is 1.77. The average molecular weight is 182 g/mol. The highest BCUT2D eigenvalue weighted by Crippen LogP contribution is 2.03. The van der Waals surface area contributed by atoms with Gasteiger partial charge in [0.2, 0.25) is 0 Å². The summed E-state index contributed by atoms with van der Waals surface area (Å²) in [5.41, 5.74) is 4.24. The van der Waals surface area contributed by atoms with Crippen molar-refractivity contribution in [2.45, 2.75) is 26.4 Å². The topological polar surface area (TPSA) is 33.1 Å². The maximum absolute atomic E-state index is 4.41. The van der Waals surface area contributed by atoms with Crippen molar-refractivity contribution in [1.29, 1.82) is 0 Å². The summed E-state index contributed by atoms with van der Waals surface area (Å²) in [6.07, 6.45) is 2.01. The van der Waals surface area contributed by atoms with Crippen molar-refractivity contribution in [2.24, 2.45) is 0 Å². The van der Waals surface area contributed by atoms with Gasteiger partial charge in [-0.25, -0.2) is 5.43 Å². The fourth-order valence-corrected chi connectivity index (χ4v) is 0.998. The van der Waals surface area contributed by atoms with Gasteiger partial charge in [-0.1, -0.05) is 0 Å². The first-order valence-electron chi connectivity index (χ1n) is 4.54. The summed E-state index contributed by atoms with van der Waals surface area (Å²) in [5.74, 6) is 0. The highest BCUT2D eigenvalue weighted by atomic mass is 15.5. The zero-order valence-corrected chi connectivity index (χ0v) is 8.78. The number of aromatic nitrogens is 2. The van der Waals surface area contributed by atoms with Crippen LogP contribution < -0.4 is 5.43 Å². The van der Waals surface area contributed by atoms with E-state index in [2.05, 4.69) is 24.4 Å². The minimum atomic E-state index is 0.438. The molecule has 0 amide bonds. The Balaban J connectivity index is 2.49. The summed E-state index contributed by atoms with van der Waals surface area (Å²) >= 11 is 0. The van der Waals surface area contributed by atoms with Crippen molar-refractivity contribution in [3.05, 3.63) is 18.0 Å². The summed E-state index contributed by atoms with van der Waals surface area (Å²) in [6, 6.07) is 2.48. The molecule has 0 unspecified atom stereocenters. The van der Waals surface area contributed by atoms with Gasteiger partial charge in [0, 0.05) is 26.3 Å². The molecule has 0 saturated heterocycles. The Morgan fingerprint density at radius 2 is 2.23 bits per heavy atom. The minimum Gasteiger partial charge on any atom is -0.270 e. The molecule has 4 nitrogen and oxygen atoms in total. The Bertz CT molecular complexity index is 252. The van der Waals surface area contributed by atoms with Gasteiger partial charge in [-0.3, -0.25) is 9.69 Å². The number of hydrogen-bond acceptors (Lipinski definition) is 3. The van der Waals surface area contributed by atoms with Crippen LogP contribution in [0.15, 0.2) is 12.3 Å². The van der Waals surface area contributed by atoms with Gasteiger partial charge in [0.15, 0.2) is 0 Å². The fourth-order valence-electron chi connectivity index (χ4n) is 0.998. The first-order chi connectivity index (χ1) is 6.09. The third-order valence-electron chi connectivity index (χ3n) is 1.77. The second-order valence-corrected chi connectivity index (χ2v) is 3.61. The third kappa shape index (κ3) is 3.16. The van der Waals surface area contributed by atoms with Crippen molar-refractivity contribution in [2.75, 3.05) is 14.1 Å². The molecule has 1 heterocycles. The van der Waals surface area contributed by atoms with Crippen LogP contribution in [0.4, 0.5) is 0 Å². The van der Waals surface area contributed by atoms with E-state index in [0.717, 1.165) is 12.2 Å². The predicted molar refractivity (Wildman–Crippen MR) is 53.1 cm³/mol. The molecule has 0 bridgehead atoms. The molecule has 1 aromatic rings. The lowest BCUT2D eigenvalue weighted by Gasteiger charge is -2.10. The smallest absolute Gasteiger partial charge is 0.0776 e. The molecule has 0 radical (unpaired) electrons. The monoisotopic (exact) mass is 182 g/mol. The molecule has 0 aliphatic rings. The van der Waals surface area contributed by atoms with E-state index >= 15 is 0 Å². The van der Waals surface area contributed by atoms with Gasteiger partial charge in [0.25, 0.3) is 0 Å². The van der Waals surface area contributed by atoms with Crippen LogP contribution in [-0.4, -0.2) is 28.9 Å². The molecule has 1 N–H and O–H groups in total. The van der Waals surface area contributed by atoms with Gasteiger partial charge >= 0.3 is 0 Å². The zero-order valence-electron chi connectivity index (χ0n) is 8.78. The van der Waals surface area contributed by atoms with Crippen LogP contribution in [0.1, 0.15) is 25.6 Å². The molecule has 0 fully saturated rings. The zero-order chi connectivity index (χ0) is 9.84. The van der Waals surface area contributed by atoms with Gasteiger partial charge in [0.05, 0.1) is 12.2 Å². The number of hydrogen-bond donors (Lipinski definition) is 1. The highest BCUT2D eigenvalue weighted by molar-refractivity contribution is 4.98. The highest BCUT2D eigenvalue weighted by Gasteiger charge is 2.01. The normalized spacial score (nSPS) is 11.5. The number of rotatable bonds is 4. The Kier molecular flexibility index (Phi) is 3.45. The summed E-state index contributed by atoms with van der Waals surface area (Å²) < 4.78 is 1.96. The van der Waals surface area contributed by atoms with Crippen molar-refractivity contribution in [3.8, 4) is 0 Å². The van der Waals surface area contributed by atoms with Crippen molar-refractivity contribution < 1.29 is 0 Å². The second-order valence-electron chi connectivity index (χ2n) is 3.61. The molecule has 0 atom stereocenters. The Hall–Kier alpha value is -0.870. The number of nitrogens with zero attached hydrogens (tertiary/aromatic N) is 3. The largest absolute Gasteiger partial charge is 0.270 e. The Morgan fingerprint density at radius 1 is 1.54 bits per heavy atom. The summed E-state index contributed by atoms with van der Waals surface area (Å²) in [5, 5.41) is 6.33. The molecular formula is C9H18N4. The molecule has 0 spiro atoms. The van der Waals surface area contributed by atoms with Crippen LogP contribution in [0.2, 0.25) is 0 Å². The Morgan fingerprint density at radius 3 is 2.69 bits per heavy atom. The summed E-state index contributed by atoms with van der Waals surface area (Å²) in [7, 11) is 3.94. The molecule has 74 valence electrons. The fraction of sp³-hybridized carbons (Fsp3) is 0.667. The van der Waals surface area contributed by atoms with Gasteiger partial charge in [-0.15, -0.1) is 0 Å². The van der Waals surface area contributed by atoms with E-state index in [4.69, 9.17) is 0 Å². The average Bonchev–Trinajstić information content (AvgIpc) is 2.48. The van der Waals surface area contributed by atoms with Gasteiger partial charge in [-0.05, 0) is 19.9 Å². The lowest BCUT2D eigenvalue weighted by atomic mass is 10.4. The molecule has 0 aliphatic heterocycles. The van der Waals surface area contributed by atoms with Gasteiger partial charge in [0.1, 0.15) is 0 Å². The lowest BCUT2D eigenvalue weighted by Crippen LogP contribution is -2.29. The van der Waals surface area contributed by atoms with E-state index in [-0.39, 0.29) is 0 Å². The van der Waals surface area contributed by atoms with Crippen LogP contribution in [-0.2, 0) is 6.54 Å². The molecule has 0 saturated carbocycles. The minimum absolute atomic E-state index is 0.438. The quantitative estimate of drug-likeness (QED) is 0.706. The molecule has 0 aliphatic carbocycles. The van der Waals surface area contributed by atoms with Crippen LogP contribution in [0.3, 0.4) is 0 Å².